The van der Waals surface area contributed by atoms with E-state index in [-0.39, 0.29) is 23.7 Å². The number of nitrogens with zero attached hydrogens (tertiary/aromatic N) is 4. The van der Waals surface area contributed by atoms with Gasteiger partial charge in [0.25, 0.3) is 0 Å². The predicted molar refractivity (Wildman–Crippen MR) is 96.7 cm³/mol. The van der Waals surface area contributed by atoms with Gasteiger partial charge in [0.15, 0.2) is 0 Å². The second-order valence-corrected chi connectivity index (χ2v) is 7.78. The first-order chi connectivity index (χ1) is 13.1. The highest BCUT2D eigenvalue weighted by molar-refractivity contribution is 5.95. The lowest BCUT2D eigenvalue weighted by atomic mass is 9.92. The fourth-order valence-corrected chi connectivity index (χ4v) is 4.20. The number of carbonyl (C=O) groups is 2. The van der Waals surface area contributed by atoms with E-state index in [1.54, 1.807) is 23.2 Å². The van der Waals surface area contributed by atoms with Crippen LogP contribution in [0.4, 0.5) is 10.1 Å². The largest absolute Gasteiger partial charge is 0.337 e. The summed E-state index contributed by atoms with van der Waals surface area (Å²) in [5.41, 5.74) is 1.29. The summed E-state index contributed by atoms with van der Waals surface area (Å²) >= 11 is 0. The van der Waals surface area contributed by atoms with Crippen molar-refractivity contribution in [3.05, 3.63) is 48.0 Å². The van der Waals surface area contributed by atoms with E-state index in [4.69, 9.17) is 0 Å². The molecule has 1 saturated carbocycles. The zero-order valence-corrected chi connectivity index (χ0v) is 15.0. The maximum absolute atomic E-state index is 13.2. The van der Waals surface area contributed by atoms with E-state index < -0.39 is 5.41 Å². The molecule has 1 aromatic heterocycles. The van der Waals surface area contributed by atoms with E-state index in [9.17, 15) is 14.0 Å². The van der Waals surface area contributed by atoms with Gasteiger partial charge in [-0.2, -0.15) is 5.10 Å². The molecule has 2 aliphatic heterocycles. The summed E-state index contributed by atoms with van der Waals surface area (Å²) in [4.78, 5) is 28.5. The average molecular weight is 368 g/mol. The van der Waals surface area contributed by atoms with Gasteiger partial charge in [0.05, 0.1) is 23.3 Å². The van der Waals surface area contributed by atoms with Crippen LogP contribution in [0.3, 0.4) is 0 Å². The molecule has 140 valence electrons. The maximum atomic E-state index is 13.2. The second kappa shape index (κ2) is 5.90. The van der Waals surface area contributed by atoms with Crippen LogP contribution in [0.15, 0.2) is 36.7 Å². The first kappa shape index (κ1) is 16.5. The van der Waals surface area contributed by atoms with Crippen LogP contribution in [-0.2, 0) is 15.0 Å². The molecule has 3 heterocycles. The Labute approximate surface area is 156 Å². The van der Waals surface area contributed by atoms with E-state index in [1.165, 1.54) is 12.1 Å². The minimum absolute atomic E-state index is 0.132. The Balaban J connectivity index is 1.24. The van der Waals surface area contributed by atoms with Crippen molar-refractivity contribution in [1.82, 2.24) is 14.7 Å². The fraction of sp³-hybridized carbons (Fsp3) is 0.450. The third-order valence-corrected chi connectivity index (χ3v) is 6.05. The highest BCUT2D eigenvalue weighted by Crippen LogP contribution is 2.50. The molecule has 0 N–H and O–H groups in total. The Kier molecular flexibility index (Phi) is 3.60. The summed E-state index contributed by atoms with van der Waals surface area (Å²) < 4.78 is 15.0. The van der Waals surface area contributed by atoms with Crippen molar-refractivity contribution in [2.24, 2.45) is 0 Å². The number of aromatic nitrogens is 2. The van der Waals surface area contributed by atoms with Gasteiger partial charge in [-0.15, -0.1) is 0 Å². The summed E-state index contributed by atoms with van der Waals surface area (Å²) in [5, 5.41) is 4.40. The molecule has 7 heteroatoms. The van der Waals surface area contributed by atoms with E-state index in [2.05, 4.69) is 5.10 Å². The smallest absolute Gasteiger partial charge is 0.233 e. The molecule has 0 atom stereocenters. The first-order valence-corrected chi connectivity index (χ1v) is 9.47. The molecular formula is C20H21FN4O2. The lowest BCUT2D eigenvalue weighted by Crippen LogP contribution is -2.54. The number of rotatable bonds is 4. The fourth-order valence-electron chi connectivity index (χ4n) is 4.20. The van der Waals surface area contributed by atoms with Crippen LogP contribution in [0.5, 0.6) is 0 Å². The van der Waals surface area contributed by atoms with Crippen molar-refractivity contribution in [2.75, 3.05) is 24.5 Å². The molecule has 6 nitrogen and oxygen atoms in total. The Hall–Kier alpha value is -2.70. The molecule has 3 fully saturated rings. The van der Waals surface area contributed by atoms with Crippen LogP contribution in [0.2, 0.25) is 0 Å². The van der Waals surface area contributed by atoms with Crippen LogP contribution >= 0.6 is 0 Å². The zero-order valence-electron chi connectivity index (χ0n) is 15.0. The number of hydrogen-bond donors (Lipinski definition) is 0. The number of benzene rings is 1. The van der Waals surface area contributed by atoms with Crippen LogP contribution in [0.1, 0.15) is 37.3 Å². The van der Waals surface area contributed by atoms with E-state index >= 15 is 0 Å². The quantitative estimate of drug-likeness (QED) is 0.832. The SMILES string of the molecule is O=C1CCCN1c1cnn(C2CN(C(=O)C3(c4ccc(F)cc4)CC3)C2)c1. The van der Waals surface area contributed by atoms with Gasteiger partial charge in [0.2, 0.25) is 11.8 Å². The van der Waals surface area contributed by atoms with Crippen molar-refractivity contribution in [3.63, 3.8) is 0 Å². The predicted octanol–water partition coefficient (Wildman–Crippen LogP) is 2.26. The molecule has 3 aliphatic rings. The van der Waals surface area contributed by atoms with Crippen molar-refractivity contribution in [1.29, 1.82) is 0 Å². The number of likely N-dealkylation sites (tertiary alicyclic amines) is 1. The van der Waals surface area contributed by atoms with Gasteiger partial charge >= 0.3 is 0 Å². The molecule has 0 bridgehead atoms. The molecule has 0 spiro atoms. The van der Waals surface area contributed by atoms with Crippen LogP contribution in [0.25, 0.3) is 0 Å². The molecule has 0 unspecified atom stereocenters. The number of carbonyl (C=O) groups excluding carboxylic acids is 2. The minimum Gasteiger partial charge on any atom is -0.337 e. The van der Waals surface area contributed by atoms with Gasteiger partial charge < -0.3 is 9.80 Å². The molecule has 1 aliphatic carbocycles. The van der Waals surface area contributed by atoms with Gasteiger partial charge in [-0.05, 0) is 37.0 Å². The normalized spacial score (nSPS) is 21.4. The third-order valence-electron chi connectivity index (χ3n) is 6.05. The van der Waals surface area contributed by atoms with Gasteiger partial charge in [0.1, 0.15) is 5.82 Å². The summed E-state index contributed by atoms with van der Waals surface area (Å²) in [6.07, 6.45) is 6.77. The summed E-state index contributed by atoms with van der Waals surface area (Å²) in [6, 6.07) is 6.44. The standard InChI is InChI=1S/C20H21FN4O2/c21-15-5-3-14(4-6-15)20(7-8-20)19(27)23-11-17(12-23)25-13-16(10-22-25)24-9-1-2-18(24)26/h3-6,10,13,17H,1-2,7-9,11-12H2. The monoisotopic (exact) mass is 368 g/mol. The Morgan fingerprint density at radius 1 is 1.19 bits per heavy atom. The second-order valence-electron chi connectivity index (χ2n) is 7.78. The minimum atomic E-state index is -0.462. The summed E-state index contributed by atoms with van der Waals surface area (Å²) in [5.74, 6) is -0.000575. The molecular weight excluding hydrogens is 347 g/mol. The Morgan fingerprint density at radius 2 is 1.93 bits per heavy atom. The third kappa shape index (κ3) is 2.64. The lowest BCUT2D eigenvalue weighted by molar-refractivity contribution is -0.140. The van der Waals surface area contributed by atoms with Crippen molar-refractivity contribution >= 4 is 17.5 Å². The van der Waals surface area contributed by atoms with Crippen LogP contribution in [-0.4, -0.2) is 46.1 Å². The van der Waals surface area contributed by atoms with Crippen LogP contribution < -0.4 is 4.90 Å². The molecule has 1 aromatic carbocycles. The first-order valence-electron chi connectivity index (χ1n) is 9.47. The Morgan fingerprint density at radius 3 is 2.56 bits per heavy atom. The zero-order chi connectivity index (χ0) is 18.6. The molecule has 2 aromatic rings. The highest BCUT2D eigenvalue weighted by Gasteiger charge is 2.54. The maximum Gasteiger partial charge on any atom is 0.233 e. The van der Waals surface area contributed by atoms with Crippen LogP contribution in [0, 0.1) is 5.82 Å². The van der Waals surface area contributed by atoms with E-state index in [0.29, 0.717) is 19.5 Å². The highest BCUT2D eigenvalue weighted by atomic mass is 19.1. The molecule has 5 rings (SSSR count). The lowest BCUT2D eigenvalue weighted by Gasteiger charge is -2.41. The Bertz CT molecular complexity index is 897. The topological polar surface area (TPSA) is 58.4 Å². The van der Waals surface area contributed by atoms with Gasteiger partial charge in [-0.25, -0.2) is 4.39 Å². The summed E-state index contributed by atoms with van der Waals surface area (Å²) in [6.45, 7) is 1.99. The van der Waals surface area contributed by atoms with E-state index in [1.807, 2.05) is 15.8 Å². The average Bonchev–Trinajstić information content (AvgIpc) is 3.10. The van der Waals surface area contributed by atoms with Gasteiger partial charge in [-0.1, -0.05) is 12.1 Å². The van der Waals surface area contributed by atoms with Gasteiger partial charge in [-0.3, -0.25) is 14.3 Å². The number of halogens is 1. The van der Waals surface area contributed by atoms with Crippen molar-refractivity contribution in [3.8, 4) is 0 Å². The van der Waals surface area contributed by atoms with Crippen molar-refractivity contribution in [2.45, 2.75) is 37.1 Å². The number of hydrogen-bond acceptors (Lipinski definition) is 3. The molecule has 2 amide bonds. The van der Waals surface area contributed by atoms with Crippen molar-refractivity contribution < 1.29 is 14.0 Å². The van der Waals surface area contributed by atoms with E-state index in [0.717, 1.165) is 37.1 Å². The summed E-state index contributed by atoms with van der Waals surface area (Å²) in [7, 11) is 0. The molecule has 0 radical (unpaired) electrons. The van der Waals surface area contributed by atoms with Gasteiger partial charge in [0, 0.05) is 32.3 Å². The number of anilines is 1. The number of amides is 2. The molecule has 27 heavy (non-hydrogen) atoms. The molecule has 2 saturated heterocycles.